The van der Waals surface area contributed by atoms with E-state index in [9.17, 15) is 14.4 Å². The zero-order valence-electron chi connectivity index (χ0n) is 19.0. The van der Waals surface area contributed by atoms with Gasteiger partial charge in [-0.05, 0) is 38.7 Å². The number of ether oxygens (including phenoxy) is 2. The molecule has 0 aromatic heterocycles. The molecule has 0 bridgehead atoms. The van der Waals surface area contributed by atoms with Gasteiger partial charge in [0, 0.05) is 32.1 Å². The summed E-state index contributed by atoms with van der Waals surface area (Å²) in [7, 11) is 0. The number of esters is 1. The molecular formula is C24H36N2O5. The van der Waals surface area contributed by atoms with Crippen molar-refractivity contribution in [1.82, 2.24) is 9.80 Å². The van der Waals surface area contributed by atoms with Crippen molar-refractivity contribution in [3.63, 3.8) is 0 Å². The third-order valence-corrected chi connectivity index (χ3v) is 5.81. The molecule has 1 atom stereocenters. The van der Waals surface area contributed by atoms with Gasteiger partial charge >= 0.3 is 5.97 Å². The van der Waals surface area contributed by atoms with E-state index in [1.807, 2.05) is 44.2 Å². The van der Waals surface area contributed by atoms with Crippen LogP contribution in [0.25, 0.3) is 0 Å². The van der Waals surface area contributed by atoms with Crippen molar-refractivity contribution < 1.29 is 23.9 Å². The van der Waals surface area contributed by atoms with E-state index >= 15 is 0 Å². The van der Waals surface area contributed by atoms with E-state index in [1.165, 1.54) is 0 Å². The number of carbonyl (C=O) groups is 3. The summed E-state index contributed by atoms with van der Waals surface area (Å²) in [6.45, 7) is 8.06. The summed E-state index contributed by atoms with van der Waals surface area (Å²) in [4.78, 5) is 40.8. The lowest BCUT2D eigenvalue weighted by molar-refractivity contribution is -0.151. The Balaban J connectivity index is 1.79. The average molecular weight is 433 g/mol. The lowest BCUT2D eigenvalue weighted by Gasteiger charge is -2.33. The minimum atomic E-state index is -0.168. The summed E-state index contributed by atoms with van der Waals surface area (Å²) in [5.74, 6) is -0.365. The minimum absolute atomic E-state index is 0.00163. The second-order valence-electron chi connectivity index (χ2n) is 7.98. The van der Waals surface area contributed by atoms with E-state index in [1.54, 1.807) is 16.7 Å². The van der Waals surface area contributed by atoms with Crippen LogP contribution in [0.2, 0.25) is 0 Å². The molecule has 1 aromatic rings. The number of benzene rings is 1. The highest BCUT2D eigenvalue weighted by molar-refractivity contribution is 5.80. The number of likely N-dealkylation sites (tertiary alicyclic amines) is 1. The molecule has 7 heteroatoms. The second-order valence-corrected chi connectivity index (χ2v) is 7.98. The Hall–Kier alpha value is -2.41. The summed E-state index contributed by atoms with van der Waals surface area (Å²) in [5.41, 5.74) is 1.02. The Morgan fingerprint density at radius 3 is 2.42 bits per heavy atom. The van der Waals surface area contributed by atoms with E-state index in [-0.39, 0.29) is 42.8 Å². The second kappa shape index (κ2) is 13.1. The van der Waals surface area contributed by atoms with Gasteiger partial charge in [0.1, 0.15) is 6.61 Å². The molecule has 1 unspecified atom stereocenters. The van der Waals surface area contributed by atoms with E-state index < -0.39 is 0 Å². The zero-order valence-corrected chi connectivity index (χ0v) is 19.0. The first-order valence-electron chi connectivity index (χ1n) is 11.3. The number of nitrogens with zero attached hydrogens (tertiary/aromatic N) is 2. The first-order valence-corrected chi connectivity index (χ1v) is 11.3. The SMILES string of the molecule is CCOC(=O)C1CCN(C(=O)CCN(C(=O)COCc2ccccc2)C(C)CC)CC1. The highest BCUT2D eigenvalue weighted by Gasteiger charge is 2.29. The van der Waals surface area contributed by atoms with Crippen molar-refractivity contribution in [3.05, 3.63) is 35.9 Å². The van der Waals surface area contributed by atoms with Gasteiger partial charge in [0.25, 0.3) is 0 Å². The van der Waals surface area contributed by atoms with Crippen LogP contribution >= 0.6 is 0 Å². The lowest BCUT2D eigenvalue weighted by Crippen LogP contribution is -2.45. The number of hydrogen-bond acceptors (Lipinski definition) is 5. The van der Waals surface area contributed by atoms with Crippen molar-refractivity contribution in [1.29, 1.82) is 0 Å². The van der Waals surface area contributed by atoms with Gasteiger partial charge in [0.15, 0.2) is 0 Å². The summed E-state index contributed by atoms with van der Waals surface area (Å²) in [6.07, 6.45) is 2.35. The molecule has 1 aliphatic heterocycles. The normalized spacial score (nSPS) is 15.4. The highest BCUT2D eigenvalue weighted by Crippen LogP contribution is 2.19. The molecule has 0 aliphatic carbocycles. The fourth-order valence-electron chi connectivity index (χ4n) is 3.72. The lowest BCUT2D eigenvalue weighted by atomic mass is 9.97. The average Bonchev–Trinajstić information content (AvgIpc) is 2.79. The minimum Gasteiger partial charge on any atom is -0.466 e. The van der Waals surface area contributed by atoms with Crippen LogP contribution in [0.5, 0.6) is 0 Å². The van der Waals surface area contributed by atoms with Gasteiger partial charge in [-0.2, -0.15) is 0 Å². The molecular weight excluding hydrogens is 396 g/mol. The maximum atomic E-state index is 12.7. The summed E-state index contributed by atoms with van der Waals surface area (Å²) < 4.78 is 10.7. The Bertz CT molecular complexity index is 701. The van der Waals surface area contributed by atoms with Gasteiger partial charge in [-0.25, -0.2) is 0 Å². The zero-order chi connectivity index (χ0) is 22.6. The number of amides is 2. The van der Waals surface area contributed by atoms with Crippen LogP contribution in [0, 0.1) is 5.92 Å². The van der Waals surface area contributed by atoms with Crippen molar-refractivity contribution >= 4 is 17.8 Å². The molecule has 0 saturated carbocycles. The van der Waals surface area contributed by atoms with Crippen molar-refractivity contribution in [2.24, 2.45) is 5.92 Å². The van der Waals surface area contributed by atoms with E-state index in [4.69, 9.17) is 9.47 Å². The largest absolute Gasteiger partial charge is 0.466 e. The number of rotatable bonds is 11. The Morgan fingerprint density at radius 1 is 1.13 bits per heavy atom. The van der Waals surface area contributed by atoms with Crippen LogP contribution in [-0.4, -0.2) is 66.5 Å². The van der Waals surface area contributed by atoms with Crippen LogP contribution < -0.4 is 0 Å². The molecule has 1 saturated heterocycles. The monoisotopic (exact) mass is 432 g/mol. The fraction of sp³-hybridized carbons (Fsp3) is 0.625. The molecule has 7 nitrogen and oxygen atoms in total. The van der Waals surface area contributed by atoms with Gasteiger partial charge in [-0.1, -0.05) is 37.3 Å². The Labute approximate surface area is 185 Å². The molecule has 1 aliphatic rings. The van der Waals surface area contributed by atoms with Gasteiger partial charge < -0.3 is 19.3 Å². The molecule has 2 amide bonds. The molecule has 0 spiro atoms. The van der Waals surface area contributed by atoms with Gasteiger partial charge in [0.2, 0.25) is 11.8 Å². The predicted octanol–water partition coefficient (Wildman–Crippen LogP) is 3.02. The number of carbonyl (C=O) groups excluding carboxylic acids is 3. The third kappa shape index (κ3) is 7.98. The Morgan fingerprint density at radius 2 is 1.81 bits per heavy atom. The molecule has 0 N–H and O–H groups in total. The van der Waals surface area contributed by atoms with Crippen molar-refractivity contribution in [2.45, 2.75) is 59.1 Å². The van der Waals surface area contributed by atoms with E-state index in [2.05, 4.69) is 0 Å². The van der Waals surface area contributed by atoms with Crippen LogP contribution in [0.1, 0.15) is 52.0 Å². The van der Waals surface area contributed by atoms with Gasteiger partial charge in [-0.15, -0.1) is 0 Å². The standard InChI is InChI=1S/C24H36N2O5/c1-4-19(3)26(23(28)18-30-17-20-9-7-6-8-10-20)16-13-22(27)25-14-11-21(12-15-25)24(29)31-5-2/h6-10,19,21H,4-5,11-18H2,1-3H3. The van der Waals surface area contributed by atoms with Crippen LogP contribution in [-0.2, 0) is 30.5 Å². The molecule has 1 heterocycles. The topological polar surface area (TPSA) is 76.2 Å². The Kier molecular flexibility index (Phi) is 10.5. The fourth-order valence-corrected chi connectivity index (χ4v) is 3.72. The smallest absolute Gasteiger partial charge is 0.309 e. The van der Waals surface area contributed by atoms with Crippen LogP contribution in [0.3, 0.4) is 0 Å². The number of hydrogen-bond donors (Lipinski definition) is 0. The van der Waals surface area contributed by atoms with Crippen LogP contribution in [0.4, 0.5) is 0 Å². The first kappa shape index (κ1) is 24.9. The van der Waals surface area contributed by atoms with Gasteiger partial charge in [0.05, 0.1) is 19.1 Å². The molecule has 1 fully saturated rings. The highest BCUT2D eigenvalue weighted by atomic mass is 16.5. The van der Waals surface area contributed by atoms with Gasteiger partial charge in [-0.3, -0.25) is 14.4 Å². The summed E-state index contributed by atoms with van der Waals surface area (Å²) in [6, 6.07) is 9.77. The quantitative estimate of drug-likeness (QED) is 0.503. The maximum Gasteiger partial charge on any atom is 0.309 e. The molecule has 31 heavy (non-hydrogen) atoms. The maximum absolute atomic E-state index is 12.7. The number of piperidine rings is 1. The van der Waals surface area contributed by atoms with Crippen molar-refractivity contribution in [3.8, 4) is 0 Å². The predicted molar refractivity (Wildman–Crippen MR) is 118 cm³/mol. The molecule has 1 aromatic carbocycles. The first-order chi connectivity index (χ1) is 15.0. The molecule has 172 valence electrons. The van der Waals surface area contributed by atoms with Crippen LogP contribution in [0.15, 0.2) is 30.3 Å². The van der Waals surface area contributed by atoms with E-state index in [0.717, 1.165) is 12.0 Å². The van der Waals surface area contributed by atoms with E-state index in [0.29, 0.717) is 45.7 Å². The van der Waals surface area contributed by atoms with Crippen molar-refractivity contribution in [2.75, 3.05) is 32.8 Å². The third-order valence-electron chi connectivity index (χ3n) is 5.81. The summed E-state index contributed by atoms with van der Waals surface area (Å²) in [5, 5.41) is 0. The summed E-state index contributed by atoms with van der Waals surface area (Å²) >= 11 is 0. The molecule has 0 radical (unpaired) electrons. The molecule has 2 rings (SSSR count).